The summed E-state index contributed by atoms with van der Waals surface area (Å²) in [6, 6.07) is -0.878. The lowest BCUT2D eigenvalue weighted by Gasteiger charge is -2.21. The van der Waals surface area contributed by atoms with Gasteiger partial charge in [0.25, 0.3) is 0 Å². The summed E-state index contributed by atoms with van der Waals surface area (Å²) in [6.07, 6.45) is 0. The standard InChI is InChI=1S/C11H20N4O5/c1-6(2)10(11(20)14-5-9(18)19)15-8(17)4-13-7(16)3-12/h6,10H,3-5,12H2,1-2H3,(H,13,16)(H,14,20)(H,15,17)(H,18,19)/t10-/m0/s1. The molecular weight excluding hydrogens is 268 g/mol. The lowest BCUT2D eigenvalue weighted by Crippen LogP contribution is -2.52. The van der Waals surface area contributed by atoms with E-state index in [1.54, 1.807) is 13.8 Å². The van der Waals surface area contributed by atoms with Crippen LogP contribution in [0.2, 0.25) is 0 Å². The molecule has 1 atom stereocenters. The van der Waals surface area contributed by atoms with Gasteiger partial charge in [0.2, 0.25) is 17.7 Å². The van der Waals surface area contributed by atoms with Crippen LogP contribution in [0.3, 0.4) is 0 Å². The minimum Gasteiger partial charge on any atom is -0.480 e. The summed E-state index contributed by atoms with van der Waals surface area (Å²) >= 11 is 0. The number of carbonyl (C=O) groups excluding carboxylic acids is 3. The highest BCUT2D eigenvalue weighted by Gasteiger charge is 2.24. The Hall–Kier alpha value is -2.16. The molecule has 0 aromatic rings. The van der Waals surface area contributed by atoms with Crippen molar-refractivity contribution >= 4 is 23.7 Å². The summed E-state index contributed by atoms with van der Waals surface area (Å²) in [7, 11) is 0. The van der Waals surface area contributed by atoms with E-state index in [0.29, 0.717) is 0 Å². The van der Waals surface area contributed by atoms with Gasteiger partial charge >= 0.3 is 5.97 Å². The van der Waals surface area contributed by atoms with Crippen molar-refractivity contribution in [3.05, 3.63) is 0 Å². The summed E-state index contributed by atoms with van der Waals surface area (Å²) in [5.74, 6) is -3.06. The van der Waals surface area contributed by atoms with Crippen LogP contribution in [-0.2, 0) is 19.2 Å². The summed E-state index contributed by atoms with van der Waals surface area (Å²) in [6.45, 7) is 2.33. The van der Waals surface area contributed by atoms with Crippen molar-refractivity contribution < 1.29 is 24.3 Å². The van der Waals surface area contributed by atoms with Crippen molar-refractivity contribution in [1.29, 1.82) is 0 Å². The number of amides is 3. The van der Waals surface area contributed by atoms with Gasteiger partial charge in [-0.3, -0.25) is 19.2 Å². The zero-order chi connectivity index (χ0) is 15.7. The maximum absolute atomic E-state index is 11.7. The van der Waals surface area contributed by atoms with Crippen LogP contribution in [0.15, 0.2) is 0 Å². The Balaban J connectivity index is 4.39. The molecule has 6 N–H and O–H groups in total. The molecule has 0 radical (unpaired) electrons. The fourth-order valence-corrected chi connectivity index (χ4v) is 1.28. The smallest absolute Gasteiger partial charge is 0.322 e. The second-order valence-corrected chi connectivity index (χ2v) is 4.38. The topological polar surface area (TPSA) is 151 Å². The Morgan fingerprint density at radius 2 is 1.65 bits per heavy atom. The molecule has 0 fully saturated rings. The number of carboxylic acids is 1. The van der Waals surface area contributed by atoms with Crippen LogP contribution in [0, 0.1) is 5.92 Å². The molecule has 114 valence electrons. The number of hydrogen-bond acceptors (Lipinski definition) is 5. The van der Waals surface area contributed by atoms with Gasteiger partial charge in [0, 0.05) is 0 Å². The van der Waals surface area contributed by atoms with Crippen molar-refractivity contribution in [2.45, 2.75) is 19.9 Å². The molecule has 0 rings (SSSR count). The minimum absolute atomic E-state index is 0.236. The van der Waals surface area contributed by atoms with Gasteiger partial charge in [0.1, 0.15) is 12.6 Å². The number of carbonyl (C=O) groups is 4. The van der Waals surface area contributed by atoms with Gasteiger partial charge in [0.05, 0.1) is 13.1 Å². The number of nitrogens with one attached hydrogen (secondary N) is 3. The molecular formula is C11H20N4O5. The quantitative estimate of drug-likeness (QED) is 0.330. The highest BCUT2D eigenvalue weighted by molar-refractivity contribution is 5.91. The molecule has 0 heterocycles. The zero-order valence-electron chi connectivity index (χ0n) is 11.4. The number of aliphatic carboxylic acids is 1. The Morgan fingerprint density at radius 1 is 1.05 bits per heavy atom. The van der Waals surface area contributed by atoms with Crippen molar-refractivity contribution in [3.63, 3.8) is 0 Å². The van der Waals surface area contributed by atoms with Gasteiger partial charge in [-0.15, -0.1) is 0 Å². The number of hydrogen-bond donors (Lipinski definition) is 5. The Labute approximate surface area is 116 Å². The summed E-state index contributed by atoms with van der Waals surface area (Å²) < 4.78 is 0. The van der Waals surface area contributed by atoms with Crippen molar-refractivity contribution in [3.8, 4) is 0 Å². The van der Waals surface area contributed by atoms with E-state index >= 15 is 0 Å². The van der Waals surface area contributed by atoms with Crippen LogP contribution in [-0.4, -0.2) is 54.5 Å². The molecule has 0 aliphatic rings. The Morgan fingerprint density at radius 3 is 2.10 bits per heavy atom. The molecule has 9 heteroatoms. The first kappa shape index (κ1) is 17.8. The average molecular weight is 288 g/mol. The second kappa shape index (κ2) is 8.86. The van der Waals surface area contributed by atoms with Crippen LogP contribution >= 0.6 is 0 Å². The van der Waals surface area contributed by atoms with Crippen LogP contribution in [0.1, 0.15) is 13.8 Å². The van der Waals surface area contributed by atoms with E-state index in [-0.39, 0.29) is 19.0 Å². The molecule has 0 aliphatic carbocycles. The van der Waals surface area contributed by atoms with Crippen LogP contribution in [0.4, 0.5) is 0 Å². The molecule has 20 heavy (non-hydrogen) atoms. The first-order chi connectivity index (χ1) is 9.27. The van der Waals surface area contributed by atoms with Gasteiger partial charge in [-0.25, -0.2) is 0 Å². The van der Waals surface area contributed by atoms with Gasteiger partial charge in [-0.05, 0) is 5.92 Å². The third-order valence-electron chi connectivity index (χ3n) is 2.31. The zero-order valence-corrected chi connectivity index (χ0v) is 11.4. The predicted molar refractivity (Wildman–Crippen MR) is 69.5 cm³/mol. The molecule has 9 nitrogen and oxygen atoms in total. The van der Waals surface area contributed by atoms with E-state index in [4.69, 9.17) is 10.8 Å². The van der Waals surface area contributed by atoms with E-state index in [9.17, 15) is 19.2 Å². The summed E-state index contributed by atoms with van der Waals surface area (Å²) in [4.78, 5) is 44.5. The molecule has 0 spiro atoms. The molecule has 0 aromatic carbocycles. The van der Waals surface area contributed by atoms with E-state index in [1.807, 2.05) is 0 Å². The molecule has 0 bridgehead atoms. The summed E-state index contributed by atoms with van der Waals surface area (Å²) in [5.41, 5.74) is 5.06. The summed E-state index contributed by atoms with van der Waals surface area (Å²) in [5, 5.41) is 15.3. The maximum atomic E-state index is 11.7. The van der Waals surface area contributed by atoms with E-state index in [2.05, 4.69) is 16.0 Å². The van der Waals surface area contributed by atoms with Gasteiger partial charge < -0.3 is 26.8 Å². The highest BCUT2D eigenvalue weighted by Crippen LogP contribution is 2.01. The van der Waals surface area contributed by atoms with Gasteiger partial charge in [0.15, 0.2) is 0 Å². The fourth-order valence-electron chi connectivity index (χ4n) is 1.28. The normalized spacial score (nSPS) is 11.6. The third kappa shape index (κ3) is 7.31. The minimum atomic E-state index is -1.18. The SMILES string of the molecule is CC(C)[C@H](NC(=O)CNC(=O)CN)C(=O)NCC(=O)O. The number of carboxylic acid groups (broad SMARTS) is 1. The largest absolute Gasteiger partial charge is 0.480 e. The average Bonchev–Trinajstić information content (AvgIpc) is 2.38. The molecule has 3 amide bonds. The first-order valence-electron chi connectivity index (χ1n) is 6.03. The maximum Gasteiger partial charge on any atom is 0.322 e. The molecule has 0 saturated carbocycles. The number of rotatable bonds is 8. The third-order valence-corrected chi connectivity index (χ3v) is 2.31. The first-order valence-corrected chi connectivity index (χ1v) is 6.03. The van der Waals surface area contributed by atoms with E-state index < -0.39 is 36.3 Å². The Bertz CT molecular complexity index is 383. The van der Waals surface area contributed by atoms with Crippen molar-refractivity contribution in [2.24, 2.45) is 11.7 Å². The molecule has 0 unspecified atom stereocenters. The lowest BCUT2D eigenvalue weighted by molar-refractivity contribution is -0.138. The van der Waals surface area contributed by atoms with E-state index in [1.165, 1.54) is 0 Å². The molecule has 0 aliphatic heterocycles. The van der Waals surface area contributed by atoms with E-state index in [0.717, 1.165) is 0 Å². The van der Waals surface area contributed by atoms with Crippen molar-refractivity contribution in [2.75, 3.05) is 19.6 Å². The van der Waals surface area contributed by atoms with Crippen LogP contribution in [0.5, 0.6) is 0 Å². The van der Waals surface area contributed by atoms with Gasteiger partial charge in [-0.1, -0.05) is 13.8 Å². The number of nitrogens with two attached hydrogens (primary N) is 1. The fraction of sp³-hybridized carbons (Fsp3) is 0.636. The van der Waals surface area contributed by atoms with Crippen molar-refractivity contribution in [1.82, 2.24) is 16.0 Å². The Kier molecular flexibility index (Phi) is 7.90. The molecule has 0 saturated heterocycles. The lowest BCUT2D eigenvalue weighted by atomic mass is 10.0. The molecule has 0 aromatic heterocycles. The monoisotopic (exact) mass is 288 g/mol. The van der Waals surface area contributed by atoms with Gasteiger partial charge in [-0.2, -0.15) is 0 Å². The highest BCUT2D eigenvalue weighted by atomic mass is 16.4. The second-order valence-electron chi connectivity index (χ2n) is 4.38. The van der Waals surface area contributed by atoms with Crippen LogP contribution in [0.25, 0.3) is 0 Å². The predicted octanol–water partition coefficient (Wildman–Crippen LogP) is -2.60. The van der Waals surface area contributed by atoms with Crippen LogP contribution < -0.4 is 21.7 Å².